The third-order valence-corrected chi connectivity index (χ3v) is 6.87. The van der Waals surface area contributed by atoms with Gasteiger partial charge in [0, 0.05) is 19.3 Å². The van der Waals surface area contributed by atoms with Crippen LogP contribution in [0.25, 0.3) is 5.82 Å². The van der Waals surface area contributed by atoms with Gasteiger partial charge in [0.1, 0.15) is 22.3 Å². The SMILES string of the molecule is Cn1c(=O)c(=C(NCc2ccc(C(=O)C(F)(F)F)c(F)c2)Nc2ccccc2)c(=N)n2c1=NC1CCCC12. The Balaban J connectivity index is 1.58. The monoisotopic (exact) mass is 528 g/mol. The molecule has 1 aromatic heterocycles. The maximum Gasteiger partial charge on any atom is 0.454 e. The average molecular weight is 529 g/mol. The Bertz CT molecular complexity index is 1660. The molecule has 0 bridgehead atoms. The van der Waals surface area contributed by atoms with E-state index < -0.39 is 28.9 Å². The number of hydrogen-bond acceptors (Lipinski definition) is 6. The number of hydrogen-bond donors (Lipinski definition) is 3. The first kappa shape index (κ1) is 25.4. The second-order valence-electron chi connectivity index (χ2n) is 9.31. The lowest BCUT2D eigenvalue weighted by atomic mass is 10.1. The van der Waals surface area contributed by atoms with Crippen LogP contribution in [0.5, 0.6) is 0 Å². The van der Waals surface area contributed by atoms with E-state index in [1.165, 1.54) is 10.6 Å². The van der Waals surface area contributed by atoms with E-state index in [0.29, 0.717) is 11.3 Å². The number of Topliss-reactive ketones (excluding diaryl/α,β-unsaturated/α-hetero) is 1. The van der Waals surface area contributed by atoms with Crippen LogP contribution < -0.4 is 32.5 Å². The van der Waals surface area contributed by atoms with E-state index in [1.54, 1.807) is 35.9 Å². The topological polar surface area (TPSA) is 104 Å². The highest BCUT2D eigenvalue weighted by Crippen LogP contribution is 2.32. The van der Waals surface area contributed by atoms with Gasteiger partial charge in [0.15, 0.2) is 0 Å². The first-order valence-electron chi connectivity index (χ1n) is 12.0. The van der Waals surface area contributed by atoms with Crippen LogP contribution in [0.1, 0.15) is 41.2 Å². The van der Waals surface area contributed by atoms with Gasteiger partial charge in [-0.25, -0.2) is 9.38 Å². The molecule has 2 atom stereocenters. The van der Waals surface area contributed by atoms with Gasteiger partial charge in [-0.05, 0) is 49.1 Å². The molecule has 1 aliphatic carbocycles. The quantitative estimate of drug-likeness (QED) is 0.337. The second kappa shape index (κ2) is 9.58. The molecule has 0 amide bonds. The van der Waals surface area contributed by atoms with E-state index in [2.05, 4.69) is 15.6 Å². The van der Waals surface area contributed by atoms with Crippen molar-refractivity contribution in [2.75, 3.05) is 5.32 Å². The van der Waals surface area contributed by atoms with Gasteiger partial charge in [-0.2, -0.15) is 13.2 Å². The van der Waals surface area contributed by atoms with Gasteiger partial charge >= 0.3 is 6.18 Å². The summed E-state index contributed by atoms with van der Waals surface area (Å²) in [6, 6.07) is 11.7. The van der Waals surface area contributed by atoms with E-state index in [4.69, 9.17) is 5.41 Å². The molecule has 2 aliphatic rings. The maximum atomic E-state index is 14.4. The van der Waals surface area contributed by atoms with Crippen molar-refractivity contribution in [2.24, 2.45) is 12.0 Å². The predicted molar refractivity (Wildman–Crippen MR) is 130 cm³/mol. The molecule has 0 spiro atoms. The molecule has 198 valence electrons. The number of rotatable bonds is 6. The van der Waals surface area contributed by atoms with Crippen LogP contribution >= 0.6 is 0 Å². The minimum atomic E-state index is -5.19. The summed E-state index contributed by atoms with van der Waals surface area (Å²) in [6.07, 6.45) is -2.50. The lowest BCUT2D eigenvalue weighted by Crippen LogP contribution is -2.59. The van der Waals surface area contributed by atoms with Crippen molar-refractivity contribution in [1.29, 1.82) is 5.41 Å². The standard InChI is InChI=1S/C26H24F4N6O2/c1-35-24(38)20(22(31)36-19-9-5-8-18(19)34-25(35)36)23(33-15-6-3-2-4-7-15)32-13-14-10-11-16(17(27)12-14)21(37)26(28,29)30/h2-4,6-7,10-12,18-19,31-33H,5,8-9,13H2,1H3. The molecule has 8 nitrogen and oxygen atoms in total. The van der Waals surface area contributed by atoms with Crippen LogP contribution in [0.4, 0.5) is 23.2 Å². The first-order chi connectivity index (χ1) is 18.1. The molecule has 3 aromatic rings. The highest BCUT2D eigenvalue weighted by molar-refractivity contribution is 6.00. The lowest BCUT2D eigenvalue weighted by Gasteiger charge is -2.17. The number of anilines is 1. The summed E-state index contributed by atoms with van der Waals surface area (Å²) in [5.74, 6) is -3.39. The van der Waals surface area contributed by atoms with Crippen molar-refractivity contribution >= 4 is 17.3 Å². The van der Waals surface area contributed by atoms with Crippen LogP contribution in [0.15, 0.2) is 58.3 Å². The Hall–Kier alpha value is -4.22. The Morgan fingerprint density at radius 2 is 1.89 bits per heavy atom. The number of ketones is 1. The van der Waals surface area contributed by atoms with Gasteiger partial charge in [0.2, 0.25) is 5.62 Å². The number of carbonyl (C=O) groups is 1. The van der Waals surface area contributed by atoms with Crippen LogP contribution in [-0.4, -0.2) is 27.1 Å². The van der Waals surface area contributed by atoms with E-state index in [9.17, 15) is 27.2 Å². The molecule has 1 fully saturated rings. The van der Waals surface area contributed by atoms with Crippen LogP contribution in [0, 0.1) is 11.2 Å². The highest BCUT2D eigenvalue weighted by atomic mass is 19.4. The largest absolute Gasteiger partial charge is 0.454 e. The zero-order valence-corrected chi connectivity index (χ0v) is 20.3. The number of para-hydroxylation sites is 1. The fraction of sp³-hybridized carbons (Fsp3) is 0.308. The molecular formula is C26H24F4N6O2. The average Bonchev–Trinajstić information content (AvgIpc) is 3.47. The van der Waals surface area contributed by atoms with Gasteiger partial charge in [0.05, 0.1) is 17.6 Å². The van der Waals surface area contributed by atoms with Crippen molar-refractivity contribution in [3.8, 4) is 0 Å². The molecule has 2 heterocycles. The Morgan fingerprint density at radius 3 is 2.58 bits per heavy atom. The van der Waals surface area contributed by atoms with Gasteiger partial charge in [-0.3, -0.25) is 24.1 Å². The third kappa shape index (κ3) is 4.50. The molecule has 5 rings (SSSR count). The molecule has 1 saturated carbocycles. The Kier molecular flexibility index (Phi) is 6.41. The van der Waals surface area contributed by atoms with E-state index >= 15 is 0 Å². The number of benzene rings is 2. The Labute approximate surface area is 213 Å². The number of nitrogens with zero attached hydrogens (tertiary/aromatic N) is 3. The van der Waals surface area contributed by atoms with Gasteiger partial charge in [-0.1, -0.05) is 24.3 Å². The zero-order chi connectivity index (χ0) is 27.2. The van der Waals surface area contributed by atoms with Crippen molar-refractivity contribution in [3.05, 3.63) is 92.2 Å². The van der Waals surface area contributed by atoms with Crippen molar-refractivity contribution in [3.63, 3.8) is 0 Å². The van der Waals surface area contributed by atoms with E-state index in [0.717, 1.165) is 31.4 Å². The summed E-state index contributed by atoms with van der Waals surface area (Å²) in [5.41, 5.74) is -0.276. The fourth-order valence-corrected chi connectivity index (χ4v) is 5.01. The molecule has 2 unspecified atom stereocenters. The smallest absolute Gasteiger partial charge is 0.367 e. The summed E-state index contributed by atoms with van der Waals surface area (Å²) >= 11 is 0. The van der Waals surface area contributed by atoms with Gasteiger partial charge in [0.25, 0.3) is 11.3 Å². The summed E-state index contributed by atoms with van der Waals surface area (Å²) in [4.78, 5) is 29.6. The molecule has 1 aliphatic heterocycles. The second-order valence-corrected chi connectivity index (χ2v) is 9.31. The van der Waals surface area contributed by atoms with Crippen molar-refractivity contribution in [2.45, 2.75) is 44.1 Å². The van der Waals surface area contributed by atoms with E-state index in [1.807, 2.05) is 6.07 Å². The molecular weight excluding hydrogens is 504 g/mol. The van der Waals surface area contributed by atoms with Gasteiger partial charge in [-0.15, -0.1) is 0 Å². The molecule has 0 saturated heterocycles. The minimum absolute atomic E-state index is 0.0133. The number of nitrogens with one attached hydrogen (secondary N) is 3. The molecule has 3 N–H and O–H groups in total. The predicted octanol–water partition coefficient (Wildman–Crippen LogP) is 2.24. The van der Waals surface area contributed by atoms with Crippen molar-refractivity contribution < 1.29 is 22.4 Å². The molecule has 0 radical (unpaired) electrons. The normalized spacial score (nSPS) is 18.9. The molecule has 12 heteroatoms. The van der Waals surface area contributed by atoms with Crippen LogP contribution in [0.3, 0.4) is 0 Å². The zero-order valence-electron chi connectivity index (χ0n) is 20.3. The number of carbonyl (C=O) groups excluding carboxylic acids is 1. The van der Waals surface area contributed by atoms with Gasteiger partial charge < -0.3 is 10.6 Å². The summed E-state index contributed by atoms with van der Waals surface area (Å²) < 4.78 is 55.8. The number of fused-ring (bicyclic) bond motifs is 3. The lowest BCUT2D eigenvalue weighted by molar-refractivity contribution is -0.0887. The minimum Gasteiger partial charge on any atom is -0.367 e. The summed E-state index contributed by atoms with van der Waals surface area (Å²) in [6.45, 7) is -0.104. The van der Waals surface area contributed by atoms with Crippen LogP contribution in [0.2, 0.25) is 0 Å². The number of alkyl halides is 3. The number of halogens is 4. The molecule has 38 heavy (non-hydrogen) atoms. The number of aromatic nitrogens is 2. The fourth-order valence-electron chi connectivity index (χ4n) is 5.01. The molecule has 2 aromatic carbocycles. The first-order valence-corrected chi connectivity index (χ1v) is 12.0. The maximum absolute atomic E-state index is 14.4. The summed E-state index contributed by atoms with van der Waals surface area (Å²) in [5, 5.41) is 15.1. The van der Waals surface area contributed by atoms with Crippen LogP contribution in [-0.2, 0) is 13.6 Å². The van der Waals surface area contributed by atoms with Crippen molar-refractivity contribution in [1.82, 2.24) is 14.5 Å². The Morgan fingerprint density at radius 1 is 1.16 bits per heavy atom. The van der Waals surface area contributed by atoms with E-state index in [-0.39, 0.29) is 40.7 Å². The highest BCUT2D eigenvalue weighted by Gasteiger charge is 2.40. The third-order valence-electron chi connectivity index (χ3n) is 6.87. The summed E-state index contributed by atoms with van der Waals surface area (Å²) in [7, 11) is 1.59.